The van der Waals surface area contributed by atoms with Crippen LogP contribution >= 0.6 is 11.3 Å². The first-order chi connectivity index (χ1) is 13.2. The number of ether oxygens (including phenoxy) is 1. The lowest BCUT2D eigenvalue weighted by Gasteiger charge is -2.40. The quantitative estimate of drug-likeness (QED) is 0.743. The summed E-state index contributed by atoms with van der Waals surface area (Å²) in [6, 6.07) is 9.64. The lowest BCUT2D eigenvalue weighted by molar-refractivity contribution is -0.0792. The molecular formula is C21H24N2O3S. The highest BCUT2D eigenvalue weighted by molar-refractivity contribution is 7.14. The molecule has 3 aliphatic rings. The van der Waals surface area contributed by atoms with Crippen LogP contribution in [0.5, 0.6) is 0 Å². The first-order valence-corrected chi connectivity index (χ1v) is 10.5. The highest BCUT2D eigenvalue weighted by atomic mass is 32.1. The predicted octanol–water partition coefficient (Wildman–Crippen LogP) is 2.29. The summed E-state index contributed by atoms with van der Waals surface area (Å²) in [5, 5.41) is 16.9. The molecule has 1 amide bonds. The van der Waals surface area contributed by atoms with Gasteiger partial charge >= 0.3 is 0 Å². The first-order valence-electron chi connectivity index (χ1n) is 9.71. The van der Waals surface area contributed by atoms with Crippen molar-refractivity contribution in [2.24, 2.45) is 0 Å². The number of amides is 1. The number of hydrogen-bond acceptors (Lipinski definition) is 5. The van der Waals surface area contributed by atoms with Crippen molar-refractivity contribution < 1.29 is 14.6 Å². The van der Waals surface area contributed by atoms with Crippen LogP contribution in [-0.4, -0.2) is 36.8 Å². The Morgan fingerprint density at radius 3 is 2.96 bits per heavy atom. The van der Waals surface area contributed by atoms with Gasteiger partial charge in [0.25, 0.3) is 5.91 Å². The zero-order chi connectivity index (χ0) is 18.4. The average molecular weight is 385 g/mol. The average Bonchev–Trinajstić information content (AvgIpc) is 3.25. The maximum Gasteiger partial charge on any atom is 0.261 e. The van der Waals surface area contributed by atoms with Crippen molar-refractivity contribution in [2.75, 3.05) is 19.7 Å². The molecule has 6 heteroatoms. The highest BCUT2D eigenvalue weighted by Gasteiger charge is 2.41. The Bertz CT molecular complexity index is 872. The van der Waals surface area contributed by atoms with Crippen LogP contribution < -0.4 is 10.6 Å². The molecular weight excluding hydrogens is 360 g/mol. The second-order valence-corrected chi connectivity index (χ2v) is 8.85. The minimum absolute atomic E-state index is 0.0979. The van der Waals surface area contributed by atoms with E-state index < -0.39 is 6.10 Å². The Morgan fingerprint density at radius 2 is 2.11 bits per heavy atom. The second-order valence-electron chi connectivity index (χ2n) is 7.71. The predicted molar refractivity (Wildman–Crippen MR) is 104 cm³/mol. The van der Waals surface area contributed by atoms with Gasteiger partial charge in [0.1, 0.15) is 0 Å². The number of benzene rings is 1. The molecule has 1 aromatic carbocycles. The van der Waals surface area contributed by atoms with Gasteiger partial charge < -0.3 is 20.5 Å². The number of nitrogens with one attached hydrogen (secondary N) is 2. The van der Waals surface area contributed by atoms with Gasteiger partial charge in [0.2, 0.25) is 0 Å². The van der Waals surface area contributed by atoms with Gasteiger partial charge in [-0.3, -0.25) is 4.79 Å². The lowest BCUT2D eigenvalue weighted by Crippen LogP contribution is -2.44. The molecule has 1 spiro atoms. The Kier molecular flexibility index (Phi) is 4.31. The van der Waals surface area contributed by atoms with Crippen LogP contribution in [-0.2, 0) is 23.2 Å². The largest absolute Gasteiger partial charge is 0.390 e. The standard InChI is InChI=1S/C21H24N2O3S/c24-16-11-13-3-1-2-4-14(13)19(16)23-20(25)18-12-15-17(27-18)5-10-26-21(15)6-8-22-9-7-21/h1-4,12,16,19,22,24H,5-11H2,(H,23,25)/t16-,19+/m0/s1. The molecule has 1 fully saturated rings. The van der Waals surface area contributed by atoms with Gasteiger partial charge in [-0.15, -0.1) is 11.3 Å². The van der Waals surface area contributed by atoms with E-state index >= 15 is 0 Å². The van der Waals surface area contributed by atoms with Gasteiger partial charge in [0, 0.05) is 17.7 Å². The molecule has 3 N–H and O–H groups in total. The summed E-state index contributed by atoms with van der Waals surface area (Å²) in [5.74, 6) is -0.0979. The van der Waals surface area contributed by atoms with E-state index in [4.69, 9.17) is 4.74 Å². The van der Waals surface area contributed by atoms with Gasteiger partial charge in [-0.2, -0.15) is 0 Å². The van der Waals surface area contributed by atoms with Crippen molar-refractivity contribution in [1.82, 2.24) is 10.6 Å². The number of piperidine rings is 1. The van der Waals surface area contributed by atoms with Crippen LogP contribution in [0.1, 0.15) is 50.1 Å². The third-order valence-electron chi connectivity index (χ3n) is 6.13. The zero-order valence-corrected chi connectivity index (χ0v) is 16.0. The fourth-order valence-corrected chi connectivity index (χ4v) is 5.87. The van der Waals surface area contributed by atoms with E-state index in [1.165, 1.54) is 10.4 Å². The van der Waals surface area contributed by atoms with Gasteiger partial charge in [-0.1, -0.05) is 24.3 Å². The SMILES string of the molecule is O=C(N[C@@H]1c2ccccc2C[C@@H]1O)c1cc2c(s1)CCOC21CCNCC1. The van der Waals surface area contributed by atoms with E-state index in [9.17, 15) is 9.90 Å². The Hall–Kier alpha value is -1.73. The monoisotopic (exact) mass is 384 g/mol. The molecule has 2 atom stereocenters. The van der Waals surface area contributed by atoms with E-state index in [0.717, 1.165) is 55.0 Å². The maximum atomic E-state index is 13.0. The molecule has 0 radical (unpaired) electrons. The summed E-state index contributed by atoms with van der Waals surface area (Å²) in [5.41, 5.74) is 3.12. The van der Waals surface area contributed by atoms with Crippen molar-refractivity contribution in [1.29, 1.82) is 0 Å². The van der Waals surface area contributed by atoms with Gasteiger partial charge in [0.15, 0.2) is 0 Å². The van der Waals surface area contributed by atoms with Crippen LogP contribution in [0.4, 0.5) is 0 Å². The smallest absolute Gasteiger partial charge is 0.261 e. The Morgan fingerprint density at radius 1 is 1.30 bits per heavy atom. The summed E-state index contributed by atoms with van der Waals surface area (Å²) in [6.07, 6.45) is 2.79. The first kappa shape index (κ1) is 17.4. The van der Waals surface area contributed by atoms with Gasteiger partial charge in [0.05, 0.1) is 29.2 Å². The third-order valence-corrected chi connectivity index (χ3v) is 7.33. The molecule has 0 unspecified atom stereocenters. The molecule has 3 heterocycles. The molecule has 1 aromatic heterocycles. The van der Waals surface area contributed by atoms with Crippen molar-refractivity contribution in [3.8, 4) is 0 Å². The molecule has 1 aliphatic carbocycles. The molecule has 1 saturated heterocycles. The number of carbonyl (C=O) groups is 1. The molecule has 5 rings (SSSR count). The molecule has 142 valence electrons. The third kappa shape index (κ3) is 2.91. The van der Waals surface area contributed by atoms with E-state index in [0.29, 0.717) is 6.42 Å². The van der Waals surface area contributed by atoms with Crippen LogP contribution in [0.25, 0.3) is 0 Å². The molecule has 27 heavy (non-hydrogen) atoms. The lowest BCUT2D eigenvalue weighted by atomic mass is 9.83. The fourth-order valence-electron chi connectivity index (χ4n) is 4.73. The van der Waals surface area contributed by atoms with Crippen molar-refractivity contribution in [3.63, 3.8) is 0 Å². The number of aliphatic hydroxyl groups excluding tert-OH is 1. The maximum absolute atomic E-state index is 13.0. The number of thiophene rings is 1. The summed E-state index contributed by atoms with van der Waals surface area (Å²) >= 11 is 1.58. The van der Waals surface area contributed by atoms with E-state index in [1.807, 2.05) is 30.3 Å². The van der Waals surface area contributed by atoms with Crippen LogP contribution in [0, 0.1) is 0 Å². The van der Waals surface area contributed by atoms with E-state index in [-0.39, 0.29) is 17.6 Å². The summed E-state index contributed by atoms with van der Waals surface area (Å²) in [6.45, 7) is 2.62. The number of carbonyl (C=O) groups excluding carboxylic acids is 1. The molecule has 2 aromatic rings. The Labute approximate surface area is 162 Å². The number of hydrogen-bond donors (Lipinski definition) is 3. The molecule has 0 bridgehead atoms. The summed E-state index contributed by atoms with van der Waals surface area (Å²) in [7, 11) is 0. The van der Waals surface area contributed by atoms with E-state index in [2.05, 4.69) is 10.6 Å². The van der Waals surface area contributed by atoms with Crippen LogP contribution in [0.2, 0.25) is 0 Å². The highest BCUT2D eigenvalue weighted by Crippen LogP contribution is 2.43. The number of fused-ring (bicyclic) bond motifs is 3. The zero-order valence-electron chi connectivity index (χ0n) is 15.2. The summed E-state index contributed by atoms with van der Waals surface area (Å²) in [4.78, 5) is 15.0. The van der Waals surface area contributed by atoms with Gasteiger partial charge in [-0.05, 0) is 48.7 Å². The van der Waals surface area contributed by atoms with Crippen LogP contribution in [0.15, 0.2) is 30.3 Å². The van der Waals surface area contributed by atoms with E-state index in [1.54, 1.807) is 11.3 Å². The molecule has 2 aliphatic heterocycles. The van der Waals surface area contributed by atoms with Crippen molar-refractivity contribution >= 4 is 17.2 Å². The minimum atomic E-state index is -0.569. The normalized spacial score (nSPS) is 25.8. The Balaban J connectivity index is 1.41. The van der Waals surface area contributed by atoms with Crippen molar-refractivity contribution in [3.05, 3.63) is 56.8 Å². The fraction of sp³-hybridized carbons (Fsp3) is 0.476. The van der Waals surface area contributed by atoms with Crippen molar-refractivity contribution in [2.45, 2.75) is 43.4 Å². The number of rotatable bonds is 2. The second kappa shape index (κ2) is 6.71. The molecule has 5 nitrogen and oxygen atoms in total. The summed E-state index contributed by atoms with van der Waals surface area (Å²) < 4.78 is 6.22. The topological polar surface area (TPSA) is 70.6 Å². The number of aliphatic hydroxyl groups is 1. The van der Waals surface area contributed by atoms with Gasteiger partial charge in [-0.25, -0.2) is 0 Å². The molecule has 0 saturated carbocycles. The minimum Gasteiger partial charge on any atom is -0.390 e. The van der Waals surface area contributed by atoms with Crippen LogP contribution in [0.3, 0.4) is 0 Å².